The van der Waals surface area contributed by atoms with Gasteiger partial charge in [0.05, 0.1) is 18.0 Å². The summed E-state index contributed by atoms with van der Waals surface area (Å²) in [6.07, 6.45) is 5.03. The first-order valence-corrected chi connectivity index (χ1v) is 6.28. The van der Waals surface area contributed by atoms with Crippen LogP contribution in [0.4, 0.5) is 0 Å². The Morgan fingerprint density at radius 3 is 2.53 bits per heavy atom. The minimum Gasteiger partial charge on any atom is -0.481 e. The highest BCUT2D eigenvalue weighted by atomic mass is 16.4. The third-order valence-corrected chi connectivity index (χ3v) is 3.39. The van der Waals surface area contributed by atoms with Gasteiger partial charge in [-0.3, -0.25) is 9.59 Å². The molecule has 0 aromatic rings. The van der Waals surface area contributed by atoms with Gasteiger partial charge in [0, 0.05) is 0 Å². The van der Waals surface area contributed by atoms with Gasteiger partial charge in [0.1, 0.15) is 0 Å². The molecule has 1 saturated carbocycles. The lowest BCUT2D eigenvalue weighted by Gasteiger charge is -2.42. The average molecular weight is 242 g/mol. The first-order valence-electron chi connectivity index (χ1n) is 6.28. The summed E-state index contributed by atoms with van der Waals surface area (Å²) in [5, 5.41) is 11.6. The molecular formula is C12H22N2O3. The third kappa shape index (κ3) is 4.00. The molecule has 1 rings (SSSR count). The van der Waals surface area contributed by atoms with Crippen LogP contribution in [0.2, 0.25) is 0 Å². The summed E-state index contributed by atoms with van der Waals surface area (Å²) < 4.78 is 0. The molecule has 5 heteroatoms. The minimum atomic E-state index is -0.868. The molecule has 0 heterocycles. The van der Waals surface area contributed by atoms with E-state index >= 15 is 0 Å². The number of aliphatic carboxylic acids is 1. The molecule has 1 unspecified atom stereocenters. The van der Waals surface area contributed by atoms with Gasteiger partial charge in [0.15, 0.2) is 0 Å². The van der Waals surface area contributed by atoms with E-state index < -0.39 is 17.6 Å². The van der Waals surface area contributed by atoms with Crippen LogP contribution in [0, 0.1) is 0 Å². The Morgan fingerprint density at radius 2 is 2.12 bits per heavy atom. The van der Waals surface area contributed by atoms with Crippen LogP contribution in [0.25, 0.3) is 0 Å². The summed E-state index contributed by atoms with van der Waals surface area (Å²) in [5.41, 5.74) is 5.23. The second-order valence-corrected chi connectivity index (χ2v) is 4.94. The van der Waals surface area contributed by atoms with Crippen molar-refractivity contribution in [2.24, 2.45) is 5.73 Å². The van der Waals surface area contributed by atoms with E-state index in [0.717, 1.165) is 32.1 Å². The molecule has 4 N–H and O–H groups in total. The maximum absolute atomic E-state index is 11.8. The second kappa shape index (κ2) is 6.00. The number of carbonyl (C=O) groups is 2. The molecule has 5 nitrogen and oxygen atoms in total. The van der Waals surface area contributed by atoms with Crippen LogP contribution in [0.3, 0.4) is 0 Å². The number of amides is 1. The highest BCUT2D eigenvalue weighted by Crippen LogP contribution is 2.34. The van der Waals surface area contributed by atoms with Gasteiger partial charge in [-0.25, -0.2) is 0 Å². The summed E-state index contributed by atoms with van der Waals surface area (Å²) in [6.45, 7) is 2.04. The Bertz CT molecular complexity index is 287. The van der Waals surface area contributed by atoms with Gasteiger partial charge in [0.25, 0.3) is 0 Å². The fourth-order valence-electron chi connectivity index (χ4n) is 2.15. The first kappa shape index (κ1) is 14.0. The van der Waals surface area contributed by atoms with Gasteiger partial charge >= 0.3 is 5.97 Å². The van der Waals surface area contributed by atoms with Crippen molar-refractivity contribution < 1.29 is 14.7 Å². The largest absolute Gasteiger partial charge is 0.481 e. The van der Waals surface area contributed by atoms with E-state index in [1.54, 1.807) is 0 Å². The van der Waals surface area contributed by atoms with Gasteiger partial charge in [-0.15, -0.1) is 0 Å². The van der Waals surface area contributed by atoms with Gasteiger partial charge in [-0.2, -0.15) is 0 Å². The molecule has 0 aromatic carbocycles. The number of hydrogen-bond donors (Lipinski definition) is 3. The molecule has 1 aliphatic rings. The molecule has 0 bridgehead atoms. The molecular weight excluding hydrogens is 220 g/mol. The van der Waals surface area contributed by atoms with Crippen molar-refractivity contribution in [1.82, 2.24) is 5.32 Å². The quantitative estimate of drug-likeness (QED) is 0.621. The summed E-state index contributed by atoms with van der Waals surface area (Å²) >= 11 is 0. The molecule has 1 fully saturated rings. The van der Waals surface area contributed by atoms with Crippen molar-refractivity contribution in [2.75, 3.05) is 0 Å². The highest BCUT2D eigenvalue weighted by molar-refractivity contribution is 5.83. The fourth-order valence-corrected chi connectivity index (χ4v) is 2.15. The number of carboxylic acids is 1. The lowest BCUT2D eigenvalue weighted by Crippen LogP contribution is -2.58. The zero-order valence-corrected chi connectivity index (χ0v) is 10.4. The topological polar surface area (TPSA) is 92.4 Å². The molecule has 0 radical (unpaired) electrons. The van der Waals surface area contributed by atoms with Crippen LogP contribution < -0.4 is 11.1 Å². The molecule has 1 aliphatic carbocycles. The van der Waals surface area contributed by atoms with E-state index in [1.807, 2.05) is 6.92 Å². The van der Waals surface area contributed by atoms with E-state index in [1.165, 1.54) is 0 Å². The zero-order valence-electron chi connectivity index (χ0n) is 10.4. The number of unbranched alkanes of at least 4 members (excludes halogenated alkanes) is 1. The molecule has 0 aromatic heterocycles. The van der Waals surface area contributed by atoms with Crippen molar-refractivity contribution >= 4 is 11.9 Å². The van der Waals surface area contributed by atoms with E-state index in [9.17, 15) is 9.59 Å². The van der Waals surface area contributed by atoms with Crippen LogP contribution in [0.5, 0.6) is 0 Å². The number of nitrogens with two attached hydrogens (primary N) is 1. The van der Waals surface area contributed by atoms with E-state index in [-0.39, 0.29) is 12.3 Å². The van der Waals surface area contributed by atoms with Crippen molar-refractivity contribution in [1.29, 1.82) is 0 Å². The monoisotopic (exact) mass is 242 g/mol. The van der Waals surface area contributed by atoms with Gasteiger partial charge in [-0.05, 0) is 25.7 Å². The maximum atomic E-state index is 11.8. The van der Waals surface area contributed by atoms with Crippen molar-refractivity contribution in [3.8, 4) is 0 Å². The Labute approximate surface area is 102 Å². The van der Waals surface area contributed by atoms with Crippen LogP contribution in [-0.4, -0.2) is 28.6 Å². The van der Waals surface area contributed by atoms with Gasteiger partial charge in [-0.1, -0.05) is 19.8 Å². The molecule has 0 spiro atoms. The second-order valence-electron chi connectivity index (χ2n) is 4.94. The predicted octanol–water partition coefficient (Wildman–Crippen LogP) is 1.02. The minimum absolute atomic E-state index is 0.000756. The normalized spacial score (nSPS) is 19.2. The van der Waals surface area contributed by atoms with Gasteiger partial charge in [0.2, 0.25) is 5.91 Å². The molecule has 1 atom stereocenters. The predicted molar refractivity (Wildman–Crippen MR) is 64.5 cm³/mol. The van der Waals surface area contributed by atoms with Crippen LogP contribution in [0.1, 0.15) is 51.9 Å². The van der Waals surface area contributed by atoms with Crippen molar-refractivity contribution in [2.45, 2.75) is 63.5 Å². The lowest BCUT2D eigenvalue weighted by molar-refractivity contribution is -0.140. The van der Waals surface area contributed by atoms with E-state index in [2.05, 4.69) is 5.32 Å². The third-order valence-electron chi connectivity index (χ3n) is 3.39. The van der Waals surface area contributed by atoms with Crippen molar-refractivity contribution in [3.63, 3.8) is 0 Å². The van der Waals surface area contributed by atoms with Gasteiger partial charge < -0.3 is 16.2 Å². The SMILES string of the molecule is CCCCC(N)C(=O)NC1(CC(=O)O)CCC1. The van der Waals surface area contributed by atoms with E-state index in [4.69, 9.17) is 10.8 Å². The number of nitrogens with one attached hydrogen (secondary N) is 1. The molecule has 17 heavy (non-hydrogen) atoms. The Kier molecular flexibility index (Phi) is 4.93. The van der Waals surface area contributed by atoms with Crippen LogP contribution in [-0.2, 0) is 9.59 Å². The highest BCUT2D eigenvalue weighted by Gasteiger charge is 2.40. The average Bonchev–Trinajstić information content (AvgIpc) is 2.21. The number of hydrogen-bond acceptors (Lipinski definition) is 3. The Morgan fingerprint density at radius 1 is 1.47 bits per heavy atom. The summed E-state index contributed by atoms with van der Waals surface area (Å²) in [4.78, 5) is 22.6. The van der Waals surface area contributed by atoms with Crippen LogP contribution in [0.15, 0.2) is 0 Å². The smallest absolute Gasteiger partial charge is 0.305 e. The molecule has 0 aliphatic heterocycles. The molecule has 0 saturated heterocycles. The van der Waals surface area contributed by atoms with E-state index in [0.29, 0.717) is 6.42 Å². The van der Waals surface area contributed by atoms with Crippen LogP contribution >= 0.6 is 0 Å². The summed E-state index contributed by atoms with van der Waals surface area (Å²) in [6, 6.07) is -0.513. The Balaban J connectivity index is 2.45. The number of carbonyl (C=O) groups excluding carboxylic acids is 1. The first-order chi connectivity index (χ1) is 7.99. The summed E-state index contributed by atoms with van der Waals surface area (Å²) in [5.74, 6) is -1.08. The fraction of sp³-hybridized carbons (Fsp3) is 0.833. The molecule has 1 amide bonds. The summed E-state index contributed by atoms with van der Waals surface area (Å²) in [7, 11) is 0. The van der Waals surface area contributed by atoms with Crippen molar-refractivity contribution in [3.05, 3.63) is 0 Å². The number of rotatable bonds is 7. The zero-order chi connectivity index (χ0) is 12.9. The standard InChI is InChI=1S/C12H22N2O3/c1-2-3-5-9(13)11(17)14-12(6-4-7-12)8-10(15)16/h9H,2-8,13H2,1H3,(H,14,17)(H,15,16). The number of carboxylic acid groups (broad SMARTS) is 1. The Hall–Kier alpha value is -1.10. The lowest BCUT2D eigenvalue weighted by atomic mass is 9.74. The maximum Gasteiger partial charge on any atom is 0.305 e. The molecule has 98 valence electrons.